The van der Waals surface area contributed by atoms with Crippen molar-refractivity contribution in [3.05, 3.63) is 35.5 Å². The molecule has 0 bridgehead atoms. The van der Waals surface area contributed by atoms with Crippen molar-refractivity contribution in [1.82, 2.24) is 0 Å². The molecule has 2 fully saturated rings. The number of rotatable bonds is 0. The number of carbonyl (C=O) groups excluding carboxylic acids is 1. The van der Waals surface area contributed by atoms with Crippen LogP contribution in [0.3, 0.4) is 0 Å². The number of hydrogen-bond acceptors (Lipinski definition) is 4. The smallest absolute Gasteiger partial charge is 0.334 e. The van der Waals surface area contributed by atoms with E-state index in [4.69, 9.17) is 9.47 Å². The summed E-state index contributed by atoms with van der Waals surface area (Å²) >= 11 is 0. The molecular weight excluding hydrogens is 304 g/mol. The molecular formula is C20H28O4. The number of epoxide rings is 1. The Kier molecular flexibility index (Phi) is 4.71. The zero-order valence-corrected chi connectivity index (χ0v) is 14.9. The number of ether oxygens (including phenoxy) is 2. The van der Waals surface area contributed by atoms with Gasteiger partial charge in [0.2, 0.25) is 0 Å². The van der Waals surface area contributed by atoms with Crippen LogP contribution in [-0.4, -0.2) is 35.0 Å². The second kappa shape index (κ2) is 6.49. The fourth-order valence-corrected chi connectivity index (χ4v) is 3.85. The van der Waals surface area contributed by atoms with Crippen molar-refractivity contribution in [3.8, 4) is 0 Å². The molecule has 2 aliphatic heterocycles. The van der Waals surface area contributed by atoms with E-state index in [0.717, 1.165) is 31.3 Å². The topological polar surface area (TPSA) is 59.1 Å². The van der Waals surface area contributed by atoms with E-state index >= 15 is 0 Å². The van der Waals surface area contributed by atoms with Crippen LogP contribution < -0.4 is 0 Å². The van der Waals surface area contributed by atoms with Crippen molar-refractivity contribution in [2.24, 2.45) is 5.92 Å². The highest BCUT2D eigenvalue weighted by atomic mass is 16.6. The Morgan fingerprint density at radius 3 is 2.79 bits per heavy atom. The molecule has 3 rings (SSSR count). The largest absolute Gasteiger partial charge is 0.455 e. The summed E-state index contributed by atoms with van der Waals surface area (Å²) in [6, 6.07) is 0. The molecule has 2 saturated heterocycles. The van der Waals surface area contributed by atoms with Crippen molar-refractivity contribution in [1.29, 1.82) is 0 Å². The van der Waals surface area contributed by atoms with Crippen LogP contribution in [0.15, 0.2) is 35.5 Å². The minimum Gasteiger partial charge on any atom is -0.455 e. The quantitative estimate of drug-likeness (QED) is 0.319. The summed E-state index contributed by atoms with van der Waals surface area (Å²) in [6.07, 6.45) is 7.64. The second-order valence-corrected chi connectivity index (χ2v) is 7.68. The molecule has 0 saturated carbocycles. The SMILES string of the molecule is C=C1C(=O)OC2C(O)C(C)=CCCC(C)=CCCC3(C)OC3CC12. The molecule has 0 spiro atoms. The van der Waals surface area contributed by atoms with Gasteiger partial charge in [-0.3, -0.25) is 0 Å². The van der Waals surface area contributed by atoms with E-state index in [-0.39, 0.29) is 23.6 Å². The maximum absolute atomic E-state index is 12.0. The van der Waals surface area contributed by atoms with Crippen molar-refractivity contribution in [3.63, 3.8) is 0 Å². The van der Waals surface area contributed by atoms with E-state index < -0.39 is 12.2 Å². The van der Waals surface area contributed by atoms with Crippen molar-refractivity contribution in [2.45, 2.75) is 76.8 Å². The van der Waals surface area contributed by atoms with E-state index in [9.17, 15) is 9.90 Å². The van der Waals surface area contributed by atoms with Crippen LogP contribution in [0, 0.1) is 5.92 Å². The highest BCUT2D eigenvalue weighted by Gasteiger charge is 2.55. The van der Waals surface area contributed by atoms with E-state index in [0.29, 0.717) is 12.0 Å². The van der Waals surface area contributed by atoms with Gasteiger partial charge >= 0.3 is 5.97 Å². The molecule has 1 N–H and O–H groups in total. The molecule has 2 heterocycles. The summed E-state index contributed by atoms with van der Waals surface area (Å²) in [5.74, 6) is -0.566. The fraction of sp³-hybridized carbons (Fsp3) is 0.650. The Hall–Kier alpha value is -1.39. The third-order valence-electron chi connectivity index (χ3n) is 5.77. The molecule has 0 amide bonds. The number of allylic oxidation sites excluding steroid dienone is 3. The van der Waals surface area contributed by atoms with Crippen LogP contribution in [0.1, 0.15) is 52.9 Å². The lowest BCUT2D eigenvalue weighted by Gasteiger charge is -2.24. The van der Waals surface area contributed by atoms with Crippen LogP contribution in [0.2, 0.25) is 0 Å². The lowest BCUT2D eigenvalue weighted by atomic mass is 9.84. The van der Waals surface area contributed by atoms with Gasteiger partial charge in [0, 0.05) is 11.5 Å². The summed E-state index contributed by atoms with van der Waals surface area (Å²) in [5, 5.41) is 10.7. The lowest BCUT2D eigenvalue weighted by molar-refractivity contribution is -0.142. The molecule has 3 aliphatic rings. The molecule has 4 nitrogen and oxygen atoms in total. The average Bonchev–Trinajstić information content (AvgIpc) is 3.08. The fourth-order valence-electron chi connectivity index (χ4n) is 3.85. The Morgan fingerprint density at radius 2 is 2.04 bits per heavy atom. The Balaban J connectivity index is 1.84. The van der Waals surface area contributed by atoms with E-state index in [1.807, 2.05) is 6.92 Å². The monoisotopic (exact) mass is 332 g/mol. The first-order valence-electron chi connectivity index (χ1n) is 8.90. The summed E-state index contributed by atoms with van der Waals surface area (Å²) < 4.78 is 11.4. The minimum absolute atomic E-state index is 0.101. The molecule has 0 aromatic rings. The zero-order valence-electron chi connectivity index (χ0n) is 14.9. The zero-order chi connectivity index (χ0) is 17.5. The van der Waals surface area contributed by atoms with E-state index in [2.05, 4.69) is 32.6 Å². The van der Waals surface area contributed by atoms with E-state index in [1.165, 1.54) is 5.57 Å². The van der Waals surface area contributed by atoms with Gasteiger partial charge in [0.15, 0.2) is 0 Å². The summed E-state index contributed by atoms with van der Waals surface area (Å²) in [6.45, 7) is 10.1. The van der Waals surface area contributed by atoms with Crippen LogP contribution >= 0.6 is 0 Å². The minimum atomic E-state index is -0.782. The first-order chi connectivity index (χ1) is 11.3. The van der Waals surface area contributed by atoms with Crippen molar-refractivity contribution < 1.29 is 19.4 Å². The Bertz CT molecular complexity index is 603. The predicted molar refractivity (Wildman–Crippen MR) is 92.4 cm³/mol. The molecule has 24 heavy (non-hydrogen) atoms. The molecule has 1 aliphatic carbocycles. The summed E-state index contributed by atoms with van der Waals surface area (Å²) in [5.41, 5.74) is 2.56. The van der Waals surface area contributed by atoms with Crippen LogP contribution in [-0.2, 0) is 14.3 Å². The normalized spacial score (nSPS) is 40.7. The first-order valence-corrected chi connectivity index (χ1v) is 8.90. The van der Waals surface area contributed by atoms with Crippen LogP contribution in [0.5, 0.6) is 0 Å². The molecule has 0 aromatic heterocycles. The number of carbonyl (C=O) groups is 1. The van der Waals surface area contributed by atoms with Crippen molar-refractivity contribution in [2.75, 3.05) is 0 Å². The number of aliphatic hydroxyl groups excluding tert-OH is 1. The third kappa shape index (κ3) is 3.35. The first kappa shape index (κ1) is 17.4. The van der Waals surface area contributed by atoms with Gasteiger partial charge in [-0.25, -0.2) is 4.79 Å². The standard InChI is InChI=1S/C20H28O4/c1-12-7-5-9-13(2)17(21)18-15(14(3)19(22)23-18)11-16-20(4,24-16)10-6-8-12/h8-9,15-18,21H,3,5-7,10-11H2,1-2,4H3. The molecule has 0 radical (unpaired) electrons. The van der Waals surface area contributed by atoms with Gasteiger partial charge in [-0.2, -0.15) is 0 Å². The van der Waals surface area contributed by atoms with Crippen molar-refractivity contribution >= 4 is 5.97 Å². The number of aliphatic hydroxyl groups is 1. The summed E-state index contributed by atoms with van der Waals surface area (Å²) in [7, 11) is 0. The van der Waals surface area contributed by atoms with Crippen LogP contribution in [0.4, 0.5) is 0 Å². The van der Waals surface area contributed by atoms with Gasteiger partial charge in [-0.1, -0.05) is 24.3 Å². The molecule has 5 atom stereocenters. The molecule has 132 valence electrons. The van der Waals surface area contributed by atoms with E-state index in [1.54, 1.807) is 0 Å². The van der Waals surface area contributed by atoms with Gasteiger partial charge in [0.1, 0.15) is 12.2 Å². The number of esters is 1. The second-order valence-electron chi connectivity index (χ2n) is 7.68. The maximum atomic E-state index is 12.0. The Morgan fingerprint density at radius 1 is 1.29 bits per heavy atom. The van der Waals surface area contributed by atoms with Gasteiger partial charge in [0.25, 0.3) is 0 Å². The number of fused-ring (bicyclic) bond motifs is 2. The molecule has 0 aromatic carbocycles. The summed E-state index contributed by atoms with van der Waals surface area (Å²) in [4.78, 5) is 12.0. The maximum Gasteiger partial charge on any atom is 0.334 e. The third-order valence-corrected chi connectivity index (χ3v) is 5.77. The van der Waals surface area contributed by atoms with Gasteiger partial charge < -0.3 is 14.6 Å². The Labute approximate surface area is 144 Å². The highest BCUT2D eigenvalue weighted by molar-refractivity contribution is 5.91. The predicted octanol–water partition coefficient (Wildman–Crippen LogP) is 3.46. The highest BCUT2D eigenvalue weighted by Crippen LogP contribution is 2.47. The number of hydrogen-bond donors (Lipinski definition) is 1. The molecule has 4 heteroatoms. The van der Waals surface area contributed by atoms with Gasteiger partial charge in [0.05, 0.1) is 11.7 Å². The lowest BCUT2D eigenvalue weighted by Crippen LogP contribution is -2.33. The van der Waals surface area contributed by atoms with Gasteiger partial charge in [-0.15, -0.1) is 0 Å². The molecule has 5 unspecified atom stereocenters. The van der Waals surface area contributed by atoms with Crippen LogP contribution in [0.25, 0.3) is 0 Å². The van der Waals surface area contributed by atoms with Gasteiger partial charge in [-0.05, 0) is 58.4 Å². The average molecular weight is 332 g/mol.